The first-order valence-electron chi connectivity index (χ1n) is 11.1. The summed E-state index contributed by atoms with van der Waals surface area (Å²) < 4.78 is 16.5. The quantitative estimate of drug-likeness (QED) is 0.406. The molecule has 0 spiro atoms. The van der Waals surface area contributed by atoms with Crippen LogP contribution < -0.4 is 20.6 Å². The van der Waals surface area contributed by atoms with Gasteiger partial charge in [0.15, 0.2) is 12.0 Å². The molecule has 1 aliphatic rings. The van der Waals surface area contributed by atoms with Crippen molar-refractivity contribution in [2.24, 2.45) is 5.73 Å². The Morgan fingerprint density at radius 2 is 1.72 bits per heavy atom. The summed E-state index contributed by atoms with van der Waals surface area (Å²) in [4.78, 5) is 39.9. The average Bonchev–Trinajstić information content (AvgIpc) is 3.15. The molecule has 1 aliphatic heterocycles. The molecular weight excluding hydrogens is 484 g/mol. The third-order valence-corrected chi connectivity index (χ3v) is 6.25. The van der Waals surface area contributed by atoms with E-state index >= 15 is 0 Å². The van der Waals surface area contributed by atoms with Crippen molar-refractivity contribution in [2.45, 2.75) is 12.6 Å². The topological polar surface area (TPSA) is 112 Å². The van der Waals surface area contributed by atoms with E-state index in [2.05, 4.69) is 0 Å². The number of hydrogen-bond donors (Lipinski definition) is 1. The van der Waals surface area contributed by atoms with Crippen LogP contribution >= 0.6 is 11.6 Å². The number of benzene rings is 3. The first kappa shape index (κ1) is 23.4. The molecule has 0 saturated heterocycles. The molecule has 2 amide bonds. The van der Waals surface area contributed by atoms with Gasteiger partial charge >= 0.3 is 0 Å². The first-order chi connectivity index (χ1) is 17.4. The summed E-state index contributed by atoms with van der Waals surface area (Å²) in [6, 6.07) is 18.2. The highest BCUT2D eigenvalue weighted by atomic mass is 35.5. The van der Waals surface area contributed by atoms with Gasteiger partial charge in [0, 0.05) is 11.6 Å². The maximum atomic E-state index is 13.6. The zero-order valence-corrected chi connectivity index (χ0v) is 20.0. The molecule has 3 aromatic carbocycles. The lowest BCUT2D eigenvalue weighted by molar-refractivity contribution is -0.119. The number of carbonyl (C=O) groups excluding carboxylic acids is 2. The molecule has 0 radical (unpaired) electrons. The van der Waals surface area contributed by atoms with Crippen LogP contribution in [0.4, 0.5) is 0 Å². The summed E-state index contributed by atoms with van der Waals surface area (Å²) in [5.41, 5.74) is 6.89. The van der Waals surface area contributed by atoms with Crippen LogP contribution in [-0.2, 0) is 11.3 Å². The zero-order valence-electron chi connectivity index (χ0n) is 19.2. The molecule has 4 aromatic rings. The number of rotatable bonds is 7. The smallest absolute Gasteiger partial charge is 0.291 e. The fourth-order valence-electron chi connectivity index (χ4n) is 4.33. The minimum Gasteiger partial charge on any atom is -0.497 e. The summed E-state index contributed by atoms with van der Waals surface area (Å²) in [5, 5.41) is 0.688. The van der Waals surface area contributed by atoms with Crippen molar-refractivity contribution < 1.29 is 23.5 Å². The van der Waals surface area contributed by atoms with Crippen molar-refractivity contribution in [3.63, 3.8) is 0 Å². The Labute approximate surface area is 210 Å². The van der Waals surface area contributed by atoms with Crippen molar-refractivity contribution in [3.8, 4) is 11.5 Å². The minimum atomic E-state index is -0.709. The summed E-state index contributed by atoms with van der Waals surface area (Å²) in [7, 11) is 1.58. The molecule has 182 valence electrons. The van der Waals surface area contributed by atoms with Gasteiger partial charge in [-0.2, -0.15) is 0 Å². The van der Waals surface area contributed by atoms with Crippen LogP contribution in [0.5, 0.6) is 11.5 Å². The van der Waals surface area contributed by atoms with Crippen LogP contribution in [0.25, 0.3) is 11.0 Å². The number of carbonyl (C=O) groups is 2. The van der Waals surface area contributed by atoms with Crippen LogP contribution in [-0.4, -0.2) is 30.4 Å². The summed E-state index contributed by atoms with van der Waals surface area (Å²) in [6.07, 6.45) is 0. The minimum absolute atomic E-state index is 0.00221. The first-order valence-corrected chi connectivity index (χ1v) is 11.4. The maximum absolute atomic E-state index is 13.6. The molecule has 0 fully saturated rings. The van der Waals surface area contributed by atoms with Crippen LogP contribution in [0.15, 0.2) is 75.9 Å². The third kappa shape index (κ3) is 4.27. The highest BCUT2D eigenvalue weighted by Gasteiger charge is 2.42. The summed E-state index contributed by atoms with van der Waals surface area (Å²) in [6.45, 7) is -0.0296. The van der Waals surface area contributed by atoms with Crippen LogP contribution in [0, 0.1) is 0 Å². The number of amides is 2. The molecule has 1 aromatic heterocycles. The van der Waals surface area contributed by atoms with Crippen molar-refractivity contribution >= 4 is 34.4 Å². The molecule has 5 rings (SSSR count). The van der Waals surface area contributed by atoms with Crippen molar-refractivity contribution in [1.82, 2.24) is 4.90 Å². The zero-order chi connectivity index (χ0) is 25.4. The summed E-state index contributed by atoms with van der Waals surface area (Å²) >= 11 is 6.14. The molecule has 8 nitrogen and oxygen atoms in total. The van der Waals surface area contributed by atoms with E-state index in [9.17, 15) is 14.4 Å². The predicted octanol–water partition coefficient (Wildman–Crippen LogP) is 4.06. The van der Waals surface area contributed by atoms with Gasteiger partial charge in [0.2, 0.25) is 5.76 Å². The highest BCUT2D eigenvalue weighted by molar-refractivity contribution is 6.31. The number of nitrogens with two attached hydrogens (primary N) is 1. The van der Waals surface area contributed by atoms with Crippen LogP contribution in [0.3, 0.4) is 0 Å². The van der Waals surface area contributed by atoms with E-state index in [0.29, 0.717) is 27.5 Å². The summed E-state index contributed by atoms with van der Waals surface area (Å²) in [5.74, 6) is 0.137. The van der Waals surface area contributed by atoms with Gasteiger partial charge in [-0.1, -0.05) is 35.9 Å². The number of primary amides is 1. The van der Waals surface area contributed by atoms with Gasteiger partial charge in [-0.15, -0.1) is 0 Å². The predicted molar refractivity (Wildman–Crippen MR) is 133 cm³/mol. The van der Waals surface area contributed by atoms with Gasteiger partial charge in [-0.3, -0.25) is 14.4 Å². The fourth-order valence-corrected chi connectivity index (χ4v) is 4.50. The lowest BCUT2D eigenvalue weighted by Gasteiger charge is -2.25. The largest absolute Gasteiger partial charge is 0.497 e. The molecule has 0 aliphatic carbocycles. The van der Waals surface area contributed by atoms with Gasteiger partial charge in [-0.25, -0.2) is 0 Å². The van der Waals surface area contributed by atoms with E-state index in [1.54, 1.807) is 48.4 Å². The Hall–Kier alpha value is -4.30. The lowest BCUT2D eigenvalue weighted by Crippen LogP contribution is -2.29. The molecule has 2 N–H and O–H groups in total. The van der Waals surface area contributed by atoms with Gasteiger partial charge in [0.25, 0.3) is 11.8 Å². The Balaban J connectivity index is 1.61. The number of nitrogens with zero attached hydrogens (tertiary/aromatic N) is 1. The number of ether oxygens (including phenoxy) is 2. The molecule has 0 unspecified atom stereocenters. The number of fused-ring (bicyclic) bond motifs is 2. The second-order valence-electron chi connectivity index (χ2n) is 8.32. The van der Waals surface area contributed by atoms with Crippen LogP contribution in [0.1, 0.15) is 33.3 Å². The van der Waals surface area contributed by atoms with Gasteiger partial charge in [0.05, 0.1) is 24.1 Å². The molecule has 0 saturated carbocycles. The maximum Gasteiger partial charge on any atom is 0.291 e. The standard InChI is InChI=1S/C27H21ClN2O6/c1-34-18-7-2-15(3-8-18)13-30-24(16-4-9-19(10-5-16)35-14-22(29)31)23-25(32)20-12-17(28)6-11-21(20)36-26(23)27(30)33/h2-12,24H,13-14H2,1H3,(H2,29,31)/t24-/m0/s1. The van der Waals surface area contributed by atoms with Crippen LogP contribution in [0.2, 0.25) is 5.02 Å². The van der Waals surface area contributed by atoms with Crippen molar-refractivity contribution in [2.75, 3.05) is 13.7 Å². The molecule has 0 bridgehead atoms. The van der Waals surface area contributed by atoms with E-state index in [-0.39, 0.29) is 35.5 Å². The Morgan fingerprint density at radius 3 is 2.39 bits per heavy atom. The number of methoxy groups -OCH3 is 1. The molecular formula is C27H21ClN2O6. The molecule has 2 heterocycles. The van der Waals surface area contributed by atoms with E-state index in [1.165, 1.54) is 6.07 Å². The molecule has 36 heavy (non-hydrogen) atoms. The van der Waals surface area contributed by atoms with Crippen molar-refractivity contribution in [3.05, 3.63) is 104 Å². The van der Waals surface area contributed by atoms with Gasteiger partial charge < -0.3 is 24.5 Å². The second kappa shape index (κ2) is 9.39. The van der Waals surface area contributed by atoms with E-state index in [0.717, 1.165) is 5.56 Å². The second-order valence-corrected chi connectivity index (χ2v) is 8.76. The third-order valence-electron chi connectivity index (χ3n) is 6.02. The average molecular weight is 505 g/mol. The van der Waals surface area contributed by atoms with E-state index < -0.39 is 17.9 Å². The SMILES string of the molecule is COc1ccc(CN2C(=O)c3oc4ccc(Cl)cc4c(=O)c3[C@@H]2c2ccc(OCC(N)=O)cc2)cc1. The lowest BCUT2D eigenvalue weighted by atomic mass is 9.98. The van der Waals surface area contributed by atoms with Gasteiger partial charge in [-0.05, 0) is 53.6 Å². The number of hydrogen-bond acceptors (Lipinski definition) is 6. The van der Waals surface area contributed by atoms with Gasteiger partial charge in [0.1, 0.15) is 17.1 Å². The van der Waals surface area contributed by atoms with Crippen molar-refractivity contribution in [1.29, 1.82) is 0 Å². The monoisotopic (exact) mass is 504 g/mol. The highest BCUT2D eigenvalue weighted by Crippen LogP contribution is 2.40. The normalized spacial score (nSPS) is 14.7. The fraction of sp³-hybridized carbons (Fsp3) is 0.148. The Bertz CT molecular complexity index is 1530. The Kier molecular flexibility index (Phi) is 6.12. The van der Waals surface area contributed by atoms with E-state index in [4.69, 9.17) is 31.2 Å². The van der Waals surface area contributed by atoms with E-state index in [1.807, 2.05) is 24.3 Å². The molecule has 1 atom stereocenters. The number of halogens is 1. The Morgan fingerprint density at radius 1 is 1.03 bits per heavy atom. The molecule has 9 heteroatoms.